The minimum Gasteiger partial charge on any atom is -0.397 e. The van der Waals surface area contributed by atoms with Crippen LogP contribution in [0.25, 0.3) is 11.0 Å². The molecular formula is C7H9N5. The van der Waals surface area contributed by atoms with Gasteiger partial charge in [0.25, 0.3) is 0 Å². The highest BCUT2D eigenvalue weighted by Crippen LogP contribution is 2.17. The van der Waals surface area contributed by atoms with Gasteiger partial charge in [0.2, 0.25) is 0 Å². The third-order valence-electron chi connectivity index (χ3n) is 1.75. The van der Waals surface area contributed by atoms with Crippen molar-refractivity contribution in [3.8, 4) is 0 Å². The maximum absolute atomic E-state index is 5.68. The Morgan fingerprint density at radius 1 is 1.42 bits per heavy atom. The molecule has 0 unspecified atom stereocenters. The zero-order valence-electron chi connectivity index (χ0n) is 6.36. The van der Waals surface area contributed by atoms with Crippen molar-refractivity contribution < 1.29 is 0 Å². The summed E-state index contributed by atoms with van der Waals surface area (Å²) in [7, 11) is 0. The summed E-state index contributed by atoms with van der Waals surface area (Å²) in [5, 5.41) is 0. The number of imidazole rings is 1. The molecule has 5 N–H and O–H groups in total. The van der Waals surface area contributed by atoms with Crippen LogP contribution in [0.5, 0.6) is 0 Å². The van der Waals surface area contributed by atoms with Crippen LogP contribution in [0, 0.1) is 0 Å². The molecule has 0 aliphatic heterocycles. The minimum atomic E-state index is 0.654. The summed E-state index contributed by atoms with van der Waals surface area (Å²) in [6.07, 6.45) is 1.58. The van der Waals surface area contributed by atoms with Crippen molar-refractivity contribution in [1.29, 1.82) is 0 Å². The van der Waals surface area contributed by atoms with E-state index in [-0.39, 0.29) is 0 Å². The van der Waals surface area contributed by atoms with Crippen LogP contribution < -0.4 is 17.1 Å². The Labute approximate surface area is 68.9 Å². The lowest BCUT2D eigenvalue weighted by molar-refractivity contribution is 0.907. The summed E-state index contributed by atoms with van der Waals surface area (Å²) >= 11 is 0. The van der Waals surface area contributed by atoms with E-state index in [9.17, 15) is 0 Å². The molecule has 0 bridgehead atoms. The van der Waals surface area contributed by atoms with E-state index in [0.29, 0.717) is 5.69 Å². The quantitative estimate of drug-likeness (QED) is 0.315. The molecule has 0 saturated carbocycles. The van der Waals surface area contributed by atoms with E-state index in [1.54, 1.807) is 17.1 Å². The molecule has 12 heavy (non-hydrogen) atoms. The molecule has 0 aliphatic rings. The van der Waals surface area contributed by atoms with Crippen molar-refractivity contribution in [3.63, 3.8) is 0 Å². The van der Waals surface area contributed by atoms with Crippen LogP contribution in [0.15, 0.2) is 24.5 Å². The molecular weight excluding hydrogens is 154 g/mol. The van der Waals surface area contributed by atoms with Gasteiger partial charge < -0.3 is 5.73 Å². The molecule has 62 valence electrons. The smallest absolute Gasteiger partial charge is 0.117 e. The Morgan fingerprint density at radius 3 is 3.00 bits per heavy atom. The second-order valence-electron chi connectivity index (χ2n) is 2.46. The lowest BCUT2D eigenvalue weighted by Gasteiger charge is -2.00. The number of fused-ring (bicyclic) bond motifs is 1. The first-order valence-corrected chi connectivity index (χ1v) is 3.51. The highest BCUT2D eigenvalue weighted by Gasteiger charge is 2.02. The molecule has 2 rings (SSSR count). The molecule has 0 spiro atoms. The Hall–Kier alpha value is -1.75. The van der Waals surface area contributed by atoms with E-state index in [1.165, 1.54) is 0 Å². The minimum absolute atomic E-state index is 0.654. The van der Waals surface area contributed by atoms with Gasteiger partial charge in [0.05, 0.1) is 11.2 Å². The predicted molar refractivity (Wildman–Crippen MR) is 47.7 cm³/mol. The maximum Gasteiger partial charge on any atom is 0.117 e. The van der Waals surface area contributed by atoms with Gasteiger partial charge in [-0.2, -0.15) is 0 Å². The number of hydrogen-bond acceptors (Lipinski definition) is 4. The number of rotatable bonds is 1. The fourth-order valence-electron chi connectivity index (χ4n) is 1.16. The zero-order chi connectivity index (χ0) is 8.55. The number of aromatic nitrogens is 2. The molecule has 0 fully saturated rings. The summed E-state index contributed by atoms with van der Waals surface area (Å²) in [6, 6.07) is 5.54. The van der Waals surface area contributed by atoms with Crippen LogP contribution in [0.3, 0.4) is 0 Å². The summed E-state index contributed by atoms with van der Waals surface area (Å²) in [5.74, 6) is 5.24. The largest absolute Gasteiger partial charge is 0.397 e. The number of nitrogens with two attached hydrogens (primary N) is 2. The van der Waals surface area contributed by atoms with Crippen molar-refractivity contribution in [2.24, 2.45) is 5.84 Å². The summed E-state index contributed by atoms with van der Waals surface area (Å²) in [5.41, 5.74) is 10.4. The summed E-state index contributed by atoms with van der Waals surface area (Å²) < 4.78 is 1.60. The lowest BCUT2D eigenvalue weighted by Crippen LogP contribution is -2.20. The average Bonchev–Trinajstić information content (AvgIpc) is 2.49. The summed E-state index contributed by atoms with van der Waals surface area (Å²) in [6.45, 7) is 0. The predicted octanol–water partition coefficient (Wildman–Crippen LogP) is 0.0357. The second kappa shape index (κ2) is 2.38. The second-order valence-corrected chi connectivity index (χ2v) is 2.46. The number of anilines is 1. The van der Waals surface area contributed by atoms with E-state index in [1.807, 2.05) is 12.1 Å². The van der Waals surface area contributed by atoms with Gasteiger partial charge in [-0.15, -0.1) is 0 Å². The van der Waals surface area contributed by atoms with Crippen LogP contribution in [-0.4, -0.2) is 9.66 Å². The molecule has 0 saturated heterocycles. The molecule has 2 aromatic rings. The first kappa shape index (κ1) is 6.93. The molecule has 5 nitrogen and oxygen atoms in total. The number of hydrogen-bond donors (Lipinski definition) is 3. The van der Waals surface area contributed by atoms with Crippen molar-refractivity contribution in [2.45, 2.75) is 0 Å². The van der Waals surface area contributed by atoms with Crippen LogP contribution in [0.4, 0.5) is 5.69 Å². The fraction of sp³-hybridized carbons (Fsp3) is 0. The first-order valence-electron chi connectivity index (χ1n) is 3.51. The highest BCUT2D eigenvalue weighted by molar-refractivity contribution is 5.87. The normalized spacial score (nSPS) is 10.4. The average molecular weight is 163 g/mol. The van der Waals surface area contributed by atoms with Crippen LogP contribution in [0.1, 0.15) is 0 Å². The van der Waals surface area contributed by atoms with Crippen molar-refractivity contribution in [2.75, 3.05) is 11.3 Å². The van der Waals surface area contributed by atoms with Gasteiger partial charge in [-0.25, -0.2) is 15.5 Å². The third kappa shape index (κ3) is 0.802. The SMILES string of the molecule is NNn1cnc2c(N)cccc21. The highest BCUT2D eigenvalue weighted by atomic mass is 15.6. The number of para-hydroxylation sites is 1. The zero-order valence-corrected chi connectivity index (χ0v) is 6.36. The number of benzene rings is 1. The molecule has 0 radical (unpaired) electrons. The Kier molecular flexibility index (Phi) is 1.38. The Balaban J connectivity index is 2.80. The van der Waals surface area contributed by atoms with Gasteiger partial charge in [0, 0.05) is 0 Å². The third-order valence-corrected chi connectivity index (χ3v) is 1.75. The fourth-order valence-corrected chi connectivity index (χ4v) is 1.16. The van der Waals surface area contributed by atoms with Crippen LogP contribution in [0.2, 0.25) is 0 Å². The number of nitrogens with one attached hydrogen (secondary N) is 1. The van der Waals surface area contributed by atoms with Crippen molar-refractivity contribution in [1.82, 2.24) is 9.66 Å². The van der Waals surface area contributed by atoms with E-state index >= 15 is 0 Å². The van der Waals surface area contributed by atoms with E-state index in [0.717, 1.165) is 11.0 Å². The van der Waals surface area contributed by atoms with E-state index in [4.69, 9.17) is 11.6 Å². The van der Waals surface area contributed by atoms with Gasteiger partial charge in [0.15, 0.2) is 0 Å². The molecule has 1 heterocycles. The van der Waals surface area contributed by atoms with Crippen molar-refractivity contribution in [3.05, 3.63) is 24.5 Å². The molecule has 0 atom stereocenters. The first-order chi connectivity index (χ1) is 5.83. The molecule has 0 amide bonds. The lowest BCUT2D eigenvalue weighted by atomic mass is 10.3. The van der Waals surface area contributed by atoms with Gasteiger partial charge in [-0.3, -0.25) is 5.53 Å². The van der Waals surface area contributed by atoms with E-state index in [2.05, 4.69) is 10.5 Å². The van der Waals surface area contributed by atoms with Crippen molar-refractivity contribution >= 4 is 16.7 Å². The molecule has 1 aromatic heterocycles. The monoisotopic (exact) mass is 163 g/mol. The molecule has 0 aliphatic carbocycles. The summed E-state index contributed by atoms with van der Waals surface area (Å²) in [4.78, 5) is 4.08. The Bertz CT molecular complexity index is 405. The van der Waals surface area contributed by atoms with Gasteiger partial charge in [-0.05, 0) is 12.1 Å². The van der Waals surface area contributed by atoms with Gasteiger partial charge in [-0.1, -0.05) is 6.07 Å². The number of hydrazine groups is 1. The molecule has 5 heteroatoms. The number of nitrogens with zero attached hydrogens (tertiary/aromatic N) is 2. The van der Waals surface area contributed by atoms with E-state index < -0.39 is 0 Å². The van der Waals surface area contributed by atoms with Crippen LogP contribution >= 0.6 is 0 Å². The standard InChI is InChI=1S/C7H9N5/c8-5-2-1-3-6-7(5)10-4-12(6)11-9/h1-4,11H,8-9H2. The van der Waals surface area contributed by atoms with Gasteiger partial charge in [0.1, 0.15) is 11.8 Å². The van der Waals surface area contributed by atoms with Gasteiger partial charge >= 0.3 is 0 Å². The van der Waals surface area contributed by atoms with Crippen LogP contribution in [-0.2, 0) is 0 Å². The Morgan fingerprint density at radius 2 is 2.25 bits per heavy atom. The molecule has 1 aromatic carbocycles. The maximum atomic E-state index is 5.68. The number of nitrogen functional groups attached to an aromatic ring is 2. The topological polar surface area (TPSA) is 81.9 Å².